The van der Waals surface area contributed by atoms with E-state index in [1.165, 1.54) is 11.0 Å². The summed E-state index contributed by atoms with van der Waals surface area (Å²) >= 11 is 0. The molecule has 0 unspecified atom stereocenters. The SMILES string of the molecule is O=C1c2c(c(C(F)(F)F)nn2-c2cccc(-c3n[nH]c(=O)[nH]3)c2)CCN1c1ccc(-c2ccccc2)c(CN2CCCC2)c1. The molecule has 0 aliphatic carbocycles. The number of nitrogens with one attached hydrogen (secondary N) is 2. The number of aromatic nitrogens is 5. The molecule has 9 nitrogen and oxygen atoms in total. The third kappa shape index (κ3) is 5.11. The molecule has 12 heteroatoms. The van der Waals surface area contributed by atoms with E-state index >= 15 is 0 Å². The number of carbonyl (C=O) groups is 1. The van der Waals surface area contributed by atoms with E-state index in [2.05, 4.69) is 25.2 Å². The van der Waals surface area contributed by atoms with Crippen LogP contribution in [0, 0.1) is 0 Å². The first kappa shape index (κ1) is 27.8. The van der Waals surface area contributed by atoms with Gasteiger partial charge in [0.25, 0.3) is 5.91 Å². The van der Waals surface area contributed by atoms with Gasteiger partial charge in [-0.15, -0.1) is 0 Å². The maximum Gasteiger partial charge on any atom is 0.435 e. The molecule has 2 aliphatic heterocycles. The van der Waals surface area contributed by atoms with Gasteiger partial charge in [-0.25, -0.2) is 14.6 Å². The first-order valence-corrected chi connectivity index (χ1v) is 14.4. The minimum absolute atomic E-state index is 0.00973. The number of carbonyl (C=O) groups excluding carboxylic acids is 1. The number of fused-ring (bicyclic) bond motifs is 1. The molecule has 0 bridgehead atoms. The predicted molar refractivity (Wildman–Crippen MR) is 159 cm³/mol. The molecule has 4 heterocycles. The number of hydrogen-bond acceptors (Lipinski definition) is 5. The monoisotopic (exact) mass is 599 g/mol. The Bertz CT molecular complexity index is 1900. The summed E-state index contributed by atoms with van der Waals surface area (Å²) in [4.78, 5) is 32.2. The van der Waals surface area contributed by atoms with Crippen molar-refractivity contribution >= 4 is 11.6 Å². The van der Waals surface area contributed by atoms with Gasteiger partial charge in [0.2, 0.25) is 0 Å². The van der Waals surface area contributed by atoms with Crippen LogP contribution in [0.2, 0.25) is 0 Å². The normalized spacial score (nSPS) is 15.6. The Hall–Kier alpha value is -4.97. The molecule has 1 fully saturated rings. The number of halogens is 3. The molecule has 2 aliphatic rings. The fraction of sp³-hybridized carbons (Fsp3) is 0.250. The number of aromatic amines is 2. The Kier molecular flexibility index (Phi) is 6.92. The predicted octanol–water partition coefficient (Wildman–Crippen LogP) is 5.44. The Balaban J connectivity index is 1.31. The summed E-state index contributed by atoms with van der Waals surface area (Å²) in [6.45, 7) is 2.79. The van der Waals surface area contributed by atoms with Gasteiger partial charge in [0.15, 0.2) is 11.5 Å². The van der Waals surface area contributed by atoms with Gasteiger partial charge < -0.3 is 4.90 Å². The lowest BCUT2D eigenvalue weighted by atomic mass is 9.97. The van der Waals surface area contributed by atoms with Crippen molar-refractivity contribution in [3.8, 4) is 28.2 Å². The van der Waals surface area contributed by atoms with Crippen molar-refractivity contribution in [1.82, 2.24) is 29.9 Å². The van der Waals surface area contributed by atoms with Crippen LogP contribution in [-0.4, -0.2) is 55.4 Å². The third-order valence-electron chi connectivity index (χ3n) is 8.23. The van der Waals surface area contributed by atoms with Crippen LogP contribution in [0.3, 0.4) is 0 Å². The van der Waals surface area contributed by atoms with E-state index in [1.807, 2.05) is 48.5 Å². The molecule has 44 heavy (non-hydrogen) atoms. The maximum atomic E-state index is 14.2. The highest BCUT2D eigenvalue weighted by Gasteiger charge is 2.43. The number of H-pyrrole nitrogens is 2. The molecule has 7 rings (SSSR count). The average Bonchev–Trinajstić information content (AvgIpc) is 3.78. The highest BCUT2D eigenvalue weighted by Crippen LogP contribution is 2.38. The minimum atomic E-state index is -4.75. The van der Waals surface area contributed by atoms with Gasteiger partial charge in [-0.05, 0) is 73.3 Å². The molecule has 0 spiro atoms. The lowest BCUT2D eigenvalue weighted by Gasteiger charge is -2.29. The number of anilines is 1. The minimum Gasteiger partial charge on any atom is -0.307 e. The average molecular weight is 600 g/mol. The molecule has 2 aromatic heterocycles. The van der Waals surface area contributed by atoms with Gasteiger partial charge >= 0.3 is 11.9 Å². The van der Waals surface area contributed by atoms with Crippen LogP contribution in [-0.2, 0) is 19.1 Å². The van der Waals surface area contributed by atoms with Crippen LogP contribution >= 0.6 is 0 Å². The van der Waals surface area contributed by atoms with Gasteiger partial charge in [-0.1, -0.05) is 48.5 Å². The fourth-order valence-electron chi connectivity index (χ4n) is 6.17. The Labute approximate surface area is 249 Å². The summed E-state index contributed by atoms with van der Waals surface area (Å²) in [6, 6.07) is 22.2. The van der Waals surface area contributed by atoms with Gasteiger partial charge in [0.1, 0.15) is 5.69 Å². The van der Waals surface area contributed by atoms with Crippen molar-refractivity contribution in [1.29, 1.82) is 0 Å². The van der Waals surface area contributed by atoms with Gasteiger partial charge in [0.05, 0.1) is 5.69 Å². The Morgan fingerprint density at radius 3 is 2.34 bits per heavy atom. The zero-order valence-electron chi connectivity index (χ0n) is 23.6. The number of rotatable bonds is 6. The number of likely N-dealkylation sites (tertiary alicyclic amines) is 1. The summed E-state index contributed by atoms with van der Waals surface area (Å²) in [5, 5.41) is 10.1. The number of alkyl halides is 3. The second kappa shape index (κ2) is 10.9. The van der Waals surface area contributed by atoms with Crippen LogP contribution in [0.15, 0.2) is 77.6 Å². The van der Waals surface area contributed by atoms with Crippen molar-refractivity contribution < 1.29 is 18.0 Å². The van der Waals surface area contributed by atoms with E-state index < -0.39 is 23.5 Å². The smallest absolute Gasteiger partial charge is 0.307 e. The second-order valence-electron chi connectivity index (χ2n) is 11.1. The van der Waals surface area contributed by atoms with Gasteiger partial charge in [0, 0.05) is 29.9 Å². The van der Waals surface area contributed by atoms with E-state index in [9.17, 15) is 22.8 Å². The van der Waals surface area contributed by atoms with Crippen molar-refractivity contribution in [2.45, 2.75) is 32.0 Å². The largest absolute Gasteiger partial charge is 0.435 e. The summed E-state index contributed by atoms with van der Waals surface area (Å²) in [5.74, 6) is -0.349. The molecule has 0 radical (unpaired) electrons. The highest BCUT2D eigenvalue weighted by atomic mass is 19.4. The van der Waals surface area contributed by atoms with Gasteiger partial charge in [-0.2, -0.15) is 23.4 Å². The van der Waals surface area contributed by atoms with Crippen LogP contribution in [0.4, 0.5) is 18.9 Å². The topological polar surface area (TPSA) is 103 Å². The molecule has 224 valence electrons. The molecular formula is C32H28F3N7O2. The number of amides is 1. The van der Waals surface area contributed by atoms with Crippen molar-refractivity contribution in [3.05, 3.63) is 106 Å². The third-order valence-corrected chi connectivity index (χ3v) is 8.23. The quantitative estimate of drug-likeness (QED) is 0.271. The summed E-state index contributed by atoms with van der Waals surface area (Å²) in [7, 11) is 0. The van der Waals surface area contributed by atoms with Crippen molar-refractivity contribution in [2.75, 3.05) is 24.5 Å². The molecule has 1 amide bonds. The van der Waals surface area contributed by atoms with Crippen LogP contribution in [0.25, 0.3) is 28.2 Å². The zero-order valence-corrected chi connectivity index (χ0v) is 23.6. The molecule has 5 aromatic rings. The first-order chi connectivity index (χ1) is 21.3. The summed E-state index contributed by atoms with van der Waals surface area (Å²) in [5.41, 5.74) is 2.63. The van der Waals surface area contributed by atoms with E-state index in [1.54, 1.807) is 18.2 Å². The van der Waals surface area contributed by atoms with E-state index in [0.29, 0.717) is 17.8 Å². The zero-order chi connectivity index (χ0) is 30.4. The van der Waals surface area contributed by atoms with E-state index in [0.717, 1.165) is 47.3 Å². The fourth-order valence-corrected chi connectivity index (χ4v) is 6.17. The summed E-state index contributed by atoms with van der Waals surface area (Å²) in [6.07, 6.45) is -2.49. The Morgan fingerprint density at radius 2 is 1.61 bits per heavy atom. The van der Waals surface area contributed by atoms with Crippen molar-refractivity contribution in [3.63, 3.8) is 0 Å². The van der Waals surface area contributed by atoms with E-state index in [-0.39, 0.29) is 35.7 Å². The van der Waals surface area contributed by atoms with E-state index in [4.69, 9.17) is 0 Å². The first-order valence-electron chi connectivity index (χ1n) is 14.4. The van der Waals surface area contributed by atoms with Crippen LogP contribution in [0.1, 0.15) is 40.2 Å². The second-order valence-corrected chi connectivity index (χ2v) is 11.1. The molecular weight excluding hydrogens is 571 g/mol. The standard InChI is InChI=1S/C32H28F3N7O2/c33-32(34,35)28-26-13-16-41(23-11-12-25(20-7-2-1-3-8-20)22(18-23)19-40-14-4-5-15-40)30(43)27(26)42(39-28)24-10-6-9-21(17-24)29-36-31(44)38-37-29/h1-3,6-12,17-18H,4-5,13-16,19H2,(H2,36,37,38,44). The number of hydrogen-bond donors (Lipinski definition) is 2. The van der Waals surface area contributed by atoms with Gasteiger partial charge in [-0.3, -0.25) is 14.7 Å². The highest BCUT2D eigenvalue weighted by molar-refractivity contribution is 6.08. The molecule has 0 atom stereocenters. The molecule has 3 aromatic carbocycles. The van der Waals surface area contributed by atoms with Crippen LogP contribution < -0.4 is 10.6 Å². The maximum absolute atomic E-state index is 14.2. The van der Waals surface area contributed by atoms with Crippen molar-refractivity contribution in [2.24, 2.45) is 0 Å². The Morgan fingerprint density at radius 1 is 0.841 bits per heavy atom. The lowest BCUT2D eigenvalue weighted by molar-refractivity contribution is -0.141. The summed E-state index contributed by atoms with van der Waals surface area (Å²) < 4.78 is 43.6. The van der Waals surface area contributed by atoms with Crippen LogP contribution in [0.5, 0.6) is 0 Å². The molecule has 0 saturated carbocycles. The number of benzene rings is 3. The number of nitrogens with zero attached hydrogens (tertiary/aromatic N) is 5. The molecule has 1 saturated heterocycles. The lowest BCUT2D eigenvalue weighted by Crippen LogP contribution is -2.39. The molecule has 2 N–H and O–H groups in total.